The quantitative estimate of drug-likeness (QED) is 0.444. The summed E-state index contributed by atoms with van der Waals surface area (Å²) >= 11 is 1.15. The second-order valence-electron chi connectivity index (χ2n) is 5.73. The first-order chi connectivity index (χ1) is 14.0. The summed E-state index contributed by atoms with van der Waals surface area (Å²) in [6, 6.07) is 3.40. The molecule has 0 radical (unpaired) electrons. The van der Waals surface area contributed by atoms with E-state index in [0.717, 1.165) is 17.8 Å². The van der Waals surface area contributed by atoms with Crippen LogP contribution in [0.15, 0.2) is 17.2 Å². The zero-order valence-corrected chi connectivity index (χ0v) is 17.5. The number of carbonyl (C=O) groups is 2. The first kappa shape index (κ1) is 22.1. The molecule has 2 N–H and O–H groups in total. The summed E-state index contributed by atoms with van der Waals surface area (Å²) in [5, 5.41) is 15.2. The van der Waals surface area contributed by atoms with Gasteiger partial charge in [0.2, 0.25) is 22.7 Å². The van der Waals surface area contributed by atoms with Gasteiger partial charge in [-0.25, -0.2) is 5.43 Å². The summed E-state index contributed by atoms with van der Waals surface area (Å²) in [6.07, 6.45) is 2.60. The van der Waals surface area contributed by atoms with E-state index in [1.165, 1.54) is 27.5 Å². The maximum atomic E-state index is 12.0. The van der Waals surface area contributed by atoms with E-state index in [2.05, 4.69) is 26.0 Å². The van der Waals surface area contributed by atoms with Crippen molar-refractivity contribution in [3.05, 3.63) is 22.7 Å². The third-order valence-corrected chi connectivity index (χ3v) is 4.43. The molecule has 11 heteroatoms. The fraction of sp³-hybridized carbons (Fsp3) is 0.389. The molecule has 1 aromatic heterocycles. The minimum Gasteiger partial charge on any atom is -0.493 e. The van der Waals surface area contributed by atoms with Crippen molar-refractivity contribution < 1.29 is 23.8 Å². The van der Waals surface area contributed by atoms with Crippen LogP contribution in [-0.4, -0.2) is 49.6 Å². The van der Waals surface area contributed by atoms with Crippen molar-refractivity contribution in [2.75, 3.05) is 26.6 Å². The Hall–Kier alpha value is -3.21. The highest BCUT2D eigenvalue weighted by Crippen LogP contribution is 2.37. The predicted octanol–water partition coefficient (Wildman–Crippen LogP) is 2.00. The highest BCUT2D eigenvalue weighted by Gasteiger charge is 2.13. The van der Waals surface area contributed by atoms with Crippen molar-refractivity contribution in [3.63, 3.8) is 0 Å². The van der Waals surface area contributed by atoms with Crippen molar-refractivity contribution in [1.82, 2.24) is 15.6 Å². The van der Waals surface area contributed by atoms with Crippen LogP contribution in [0.25, 0.3) is 0 Å². The van der Waals surface area contributed by atoms with E-state index in [-0.39, 0.29) is 18.2 Å². The van der Waals surface area contributed by atoms with Crippen LogP contribution in [0.4, 0.5) is 5.13 Å². The lowest BCUT2D eigenvalue weighted by Crippen LogP contribution is -2.19. The summed E-state index contributed by atoms with van der Waals surface area (Å²) in [5.74, 6) is 0.928. The minimum atomic E-state index is -0.365. The first-order valence-corrected chi connectivity index (χ1v) is 9.56. The van der Waals surface area contributed by atoms with Crippen LogP contribution in [-0.2, 0) is 16.0 Å². The zero-order chi connectivity index (χ0) is 21.2. The predicted molar refractivity (Wildman–Crippen MR) is 109 cm³/mol. The van der Waals surface area contributed by atoms with Gasteiger partial charge in [-0.05, 0) is 18.6 Å². The summed E-state index contributed by atoms with van der Waals surface area (Å²) in [5.41, 5.74) is 3.07. The highest BCUT2D eigenvalue weighted by atomic mass is 32.1. The van der Waals surface area contributed by atoms with Gasteiger partial charge < -0.3 is 19.5 Å². The average Bonchev–Trinajstić information content (AvgIpc) is 3.13. The number of benzene rings is 1. The Balaban J connectivity index is 1.95. The van der Waals surface area contributed by atoms with Gasteiger partial charge in [-0.15, -0.1) is 10.2 Å². The molecule has 0 saturated heterocycles. The third kappa shape index (κ3) is 6.42. The van der Waals surface area contributed by atoms with Crippen LogP contribution >= 0.6 is 11.3 Å². The molecule has 1 aromatic carbocycles. The van der Waals surface area contributed by atoms with E-state index in [4.69, 9.17) is 14.2 Å². The topological polar surface area (TPSA) is 124 Å². The van der Waals surface area contributed by atoms with E-state index in [1.54, 1.807) is 12.1 Å². The van der Waals surface area contributed by atoms with Gasteiger partial charge in [-0.1, -0.05) is 18.3 Å². The van der Waals surface area contributed by atoms with Crippen LogP contribution < -0.4 is 25.0 Å². The molecule has 0 saturated carbocycles. The van der Waals surface area contributed by atoms with Gasteiger partial charge >= 0.3 is 0 Å². The average molecular weight is 421 g/mol. The molecule has 0 aliphatic heterocycles. The minimum absolute atomic E-state index is 0.00604. The van der Waals surface area contributed by atoms with Crippen molar-refractivity contribution in [2.45, 2.75) is 26.2 Å². The molecule has 2 aromatic rings. The second-order valence-corrected chi connectivity index (χ2v) is 6.79. The van der Waals surface area contributed by atoms with Crippen molar-refractivity contribution in [3.8, 4) is 17.2 Å². The molecule has 0 unspecified atom stereocenters. The molecule has 29 heavy (non-hydrogen) atoms. The highest BCUT2D eigenvalue weighted by molar-refractivity contribution is 7.15. The van der Waals surface area contributed by atoms with Crippen LogP contribution in [0.1, 0.15) is 30.3 Å². The molecule has 0 atom stereocenters. The molecule has 1 heterocycles. The van der Waals surface area contributed by atoms with E-state index in [1.807, 2.05) is 6.92 Å². The number of carbonyl (C=O) groups excluding carboxylic acids is 2. The van der Waals surface area contributed by atoms with E-state index in [0.29, 0.717) is 39.4 Å². The van der Waals surface area contributed by atoms with Crippen LogP contribution in [0.3, 0.4) is 0 Å². The van der Waals surface area contributed by atoms with E-state index < -0.39 is 0 Å². The number of anilines is 1. The SMILES string of the molecule is CCCC(=O)Nc1nnc(CC(=O)NN=Cc2cc(OC)c(OC)c(OC)c2)s1. The van der Waals surface area contributed by atoms with Gasteiger partial charge in [0.15, 0.2) is 11.5 Å². The maximum absolute atomic E-state index is 12.0. The number of methoxy groups -OCH3 is 3. The van der Waals surface area contributed by atoms with E-state index >= 15 is 0 Å². The molecule has 156 valence electrons. The summed E-state index contributed by atoms with van der Waals surface area (Å²) in [4.78, 5) is 23.6. The van der Waals surface area contributed by atoms with Gasteiger partial charge in [0.05, 0.1) is 34.0 Å². The van der Waals surface area contributed by atoms with Gasteiger partial charge in [0.1, 0.15) is 5.01 Å². The number of aromatic nitrogens is 2. The molecule has 0 fully saturated rings. The summed E-state index contributed by atoms with van der Waals surface area (Å²) in [6.45, 7) is 1.91. The molecular weight excluding hydrogens is 398 g/mol. The number of ether oxygens (including phenoxy) is 3. The smallest absolute Gasteiger partial charge is 0.247 e. The molecular formula is C18H23N5O5S. The van der Waals surface area contributed by atoms with Crippen molar-refractivity contribution in [1.29, 1.82) is 0 Å². The number of nitrogens with zero attached hydrogens (tertiary/aromatic N) is 3. The molecule has 0 aliphatic rings. The molecule has 0 bridgehead atoms. The second kappa shape index (κ2) is 11.0. The van der Waals surface area contributed by atoms with Gasteiger partial charge in [0, 0.05) is 12.0 Å². The van der Waals surface area contributed by atoms with Crippen molar-refractivity contribution in [2.24, 2.45) is 5.10 Å². The Bertz CT molecular complexity index is 858. The number of rotatable bonds is 10. The molecule has 0 spiro atoms. The fourth-order valence-corrected chi connectivity index (χ4v) is 3.07. The number of hydrogen-bond acceptors (Lipinski definition) is 9. The number of hydrogen-bond donors (Lipinski definition) is 2. The maximum Gasteiger partial charge on any atom is 0.247 e. The zero-order valence-electron chi connectivity index (χ0n) is 16.6. The fourth-order valence-electron chi connectivity index (χ4n) is 2.32. The number of hydrazone groups is 1. The largest absolute Gasteiger partial charge is 0.493 e. The van der Waals surface area contributed by atoms with Crippen LogP contribution in [0, 0.1) is 0 Å². The Morgan fingerprint density at radius 3 is 2.38 bits per heavy atom. The van der Waals surface area contributed by atoms with Gasteiger partial charge in [-0.2, -0.15) is 5.10 Å². The summed E-state index contributed by atoms with van der Waals surface area (Å²) < 4.78 is 15.8. The standard InChI is InChI=1S/C18H23N5O5S/c1-5-6-14(24)20-18-23-22-16(29-18)9-15(25)21-19-10-11-7-12(26-2)17(28-4)13(8-11)27-3/h7-8,10H,5-6,9H2,1-4H3,(H,21,25)(H,20,23,24). The Kier molecular flexibility index (Phi) is 8.34. The number of nitrogens with one attached hydrogen (secondary N) is 2. The monoisotopic (exact) mass is 421 g/mol. The van der Waals surface area contributed by atoms with Crippen LogP contribution in [0.2, 0.25) is 0 Å². The summed E-state index contributed by atoms with van der Waals surface area (Å²) in [7, 11) is 4.55. The first-order valence-electron chi connectivity index (χ1n) is 8.74. The molecule has 2 rings (SSSR count). The van der Waals surface area contributed by atoms with Crippen molar-refractivity contribution >= 4 is 34.5 Å². The Morgan fingerprint density at radius 2 is 1.79 bits per heavy atom. The Labute approximate surface area is 172 Å². The van der Waals surface area contributed by atoms with Gasteiger partial charge in [0.25, 0.3) is 0 Å². The van der Waals surface area contributed by atoms with Crippen LogP contribution in [0.5, 0.6) is 17.2 Å². The van der Waals surface area contributed by atoms with E-state index in [9.17, 15) is 9.59 Å². The molecule has 2 amide bonds. The third-order valence-electron chi connectivity index (χ3n) is 3.59. The molecule has 0 aliphatic carbocycles. The van der Waals surface area contributed by atoms with Gasteiger partial charge in [-0.3, -0.25) is 9.59 Å². The molecule has 10 nitrogen and oxygen atoms in total. The number of amides is 2. The lowest BCUT2D eigenvalue weighted by molar-refractivity contribution is -0.120. The normalized spacial score (nSPS) is 10.6. The lowest BCUT2D eigenvalue weighted by Gasteiger charge is -2.12. The Morgan fingerprint density at radius 1 is 1.10 bits per heavy atom. The lowest BCUT2D eigenvalue weighted by atomic mass is 10.2.